The topological polar surface area (TPSA) is 68.5 Å². The number of fused-ring (bicyclic) bond motifs is 1. The van der Waals surface area contributed by atoms with Gasteiger partial charge in [-0.3, -0.25) is 4.79 Å². The Hall–Kier alpha value is -1.73. The molecule has 1 fully saturated rings. The summed E-state index contributed by atoms with van der Waals surface area (Å²) in [5.41, 5.74) is 1.21. The molecule has 2 aliphatic rings. The molecule has 128 valence electrons. The van der Waals surface area contributed by atoms with E-state index in [1.807, 2.05) is 4.90 Å². The molecular weight excluding hydrogens is 326 g/mol. The molecule has 2 aromatic rings. The molecular formula is C17H21N3O3S. The van der Waals surface area contributed by atoms with Gasteiger partial charge in [0.25, 0.3) is 0 Å². The fraction of sp³-hybridized carbons (Fsp3) is 0.588. The number of aryl methyl sites for hydroxylation is 2. The van der Waals surface area contributed by atoms with E-state index in [2.05, 4.69) is 21.6 Å². The Balaban J connectivity index is 1.63. The van der Waals surface area contributed by atoms with Crippen LogP contribution in [0.25, 0.3) is 0 Å². The summed E-state index contributed by atoms with van der Waals surface area (Å²) in [5.74, 6) is 1.22. The SMILES string of the molecule is CO[C@H]1C[C@H](c2nc(C)no2)N(C(=O)C2CCCc3sccc32)C1. The number of thiophene rings is 1. The molecule has 2 aromatic heterocycles. The number of aromatic nitrogens is 2. The van der Waals surface area contributed by atoms with Crippen LogP contribution < -0.4 is 0 Å². The number of ether oxygens (including phenoxy) is 1. The quantitative estimate of drug-likeness (QED) is 0.854. The van der Waals surface area contributed by atoms with E-state index in [0.717, 1.165) is 19.3 Å². The van der Waals surface area contributed by atoms with Gasteiger partial charge in [0.2, 0.25) is 11.8 Å². The lowest BCUT2D eigenvalue weighted by atomic mass is 9.86. The van der Waals surface area contributed by atoms with Crippen molar-refractivity contribution in [2.45, 2.75) is 50.7 Å². The van der Waals surface area contributed by atoms with E-state index in [9.17, 15) is 4.79 Å². The maximum absolute atomic E-state index is 13.3. The van der Waals surface area contributed by atoms with Gasteiger partial charge < -0.3 is 14.2 Å². The monoisotopic (exact) mass is 347 g/mol. The van der Waals surface area contributed by atoms with Crippen LogP contribution in [0.1, 0.15) is 53.4 Å². The summed E-state index contributed by atoms with van der Waals surface area (Å²) in [6.07, 6.45) is 3.77. The third-order valence-electron chi connectivity index (χ3n) is 5.06. The van der Waals surface area contributed by atoms with Gasteiger partial charge in [-0.25, -0.2) is 0 Å². The van der Waals surface area contributed by atoms with E-state index in [0.29, 0.717) is 24.7 Å². The molecule has 0 N–H and O–H groups in total. The standard InChI is InChI=1S/C17H21N3O3S/c1-10-18-16(23-19-10)14-8-11(22-2)9-20(14)17(21)13-4-3-5-15-12(13)6-7-24-15/h6-7,11,13-14H,3-5,8-9H2,1-2H3/t11-,13?,14+/m0/s1. The first-order valence-corrected chi connectivity index (χ1v) is 9.25. The number of amides is 1. The molecule has 3 heterocycles. The van der Waals surface area contributed by atoms with Gasteiger partial charge in [0.05, 0.1) is 12.0 Å². The third kappa shape index (κ3) is 2.65. The van der Waals surface area contributed by atoms with Crippen LogP contribution in [0.5, 0.6) is 0 Å². The van der Waals surface area contributed by atoms with E-state index in [-0.39, 0.29) is 24.0 Å². The zero-order valence-corrected chi connectivity index (χ0v) is 14.7. The van der Waals surface area contributed by atoms with Gasteiger partial charge in [0, 0.05) is 25.0 Å². The molecule has 24 heavy (non-hydrogen) atoms. The van der Waals surface area contributed by atoms with Gasteiger partial charge in [-0.15, -0.1) is 11.3 Å². The van der Waals surface area contributed by atoms with Crippen molar-refractivity contribution in [3.63, 3.8) is 0 Å². The average molecular weight is 347 g/mol. The molecule has 0 aromatic carbocycles. The molecule has 1 aliphatic heterocycles. The fourth-order valence-corrected chi connectivity index (χ4v) is 4.82. The summed E-state index contributed by atoms with van der Waals surface area (Å²) < 4.78 is 10.9. The fourth-order valence-electron chi connectivity index (χ4n) is 3.84. The largest absolute Gasteiger partial charge is 0.380 e. The molecule has 0 spiro atoms. The second-order valence-corrected chi connectivity index (χ2v) is 7.52. The summed E-state index contributed by atoms with van der Waals surface area (Å²) in [7, 11) is 1.69. The smallest absolute Gasteiger partial charge is 0.249 e. The number of carbonyl (C=O) groups is 1. The van der Waals surface area contributed by atoms with Crippen molar-refractivity contribution in [2.75, 3.05) is 13.7 Å². The highest BCUT2D eigenvalue weighted by Crippen LogP contribution is 2.40. The lowest BCUT2D eigenvalue weighted by molar-refractivity contribution is -0.135. The maximum Gasteiger partial charge on any atom is 0.249 e. The summed E-state index contributed by atoms with van der Waals surface area (Å²) in [6, 6.07) is 1.92. The molecule has 1 saturated heterocycles. The minimum atomic E-state index is -0.187. The summed E-state index contributed by atoms with van der Waals surface area (Å²) in [4.78, 5) is 20.9. The molecule has 3 atom stereocenters. The number of hydrogen-bond donors (Lipinski definition) is 0. The normalized spacial score (nSPS) is 26.6. The summed E-state index contributed by atoms with van der Waals surface area (Å²) in [5, 5.41) is 5.98. The Kier molecular flexibility index (Phi) is 4.14. The van der Waals surface area contributed by atoms with E-state index < -0.39 is 0 Å². The van der Waals surface area contributed by atoms with Crippen molar-refractivity contribution in [3.05, 3.63) is 33.6 Å². The van der Waals surface area contributed by atoms with E-state index >= 15 is 0 Å². The van der Waals surface area contributed by atoms with Crippen molar-refractivity contribution in [2.24, 2.45) is 0 Å². The zero-order chi connectivity index (χ0) is 16.7. The van der Waals surface area contributed by atoms with Crippen LogP contribution in [0.3, 0.4) is 0 Å². The van der Waals surface area contributed by atoms with Crippen molar-refractivity contribution in [1.29, 1.82) is 0 Å². The van der Waals surface area contributed by atoms with Crippen LogP contribution in [0.4, 0.5) is 0 Å². The summed E-state index contributed by atoms with van der Waals surface area (Å²) >= 11 is 1.76. The molecule has 7 heteroatoms. The van der Waals surface area contributed by atoms with Gasteiger partial charge in [-0.2, -0.15) is 4.98 Å². The zero-order valence-electron chi connectivity index (χ0n) is 13.9. The molecule has 0 bridgehead atoms. The van der Waals surface area contributed by atoms with Crippen molar-refractivity contribution < 1.29 is 14.1 Å². The molecule has 1 unspecified atom stereocenters. The maximum atomic E-state index is 13.3. The number of nitrogens with zero attached hydrogens (tertiary/aromatic N) is 3. The first kappa shape index (κ1) is 15.8. The van der Waals surface area contributed by atoms with Crippen molar-refractivity contribution in [1.82, 2.24) is 15.0 Å². The van der Waals surface area contributed by atoms with Crippen molar-refractivity contribution in [3.8, 4) is 0 Å². The highest BCUT2D eigenvalue weighted by molar-refractivity contribution is 7.10. The van der Waals surface area contributed by atoms with Crippen LogP contribution in [0.2, 0.25) is 0 Å². The van der Waals surface area contributed by atoms with Crippen LogP contribution in [0.15, 0.2) is 16.0 Å². The molecule has 1 aliphatic carbocycles. The van der Waals surface area contributed by atoms with Gasteiger partial charge in [0.1, 0.15) is 6.04 Å². The van der Waals surface area contributed by atoms with Gasteiger partial charge in [-0.1, -0.05) is 5.16 Å². The lowest BCUT2D eigenvalue weighted by Crippen LogP contribution is -2.37. The van der Waals surface area contributed by atoms with Crippen LogP contribution >= 0.6 is 11.3 Å². The molecule has 1 amide bonds. The number of rotatable bonds is 3. The Labute approximate surface area is 144 Å². The molecule has 0 saturated carbocycles. The molecule has 6 nitrogen and oxygen atoms in total. The Morgan fingerprint density at radius 3 is 3.12 bits per heavy atom. The Bertz CT molecular complexity index is 741. The number of methoxy groups -OCH3 is 1. The van der Waals surface area contributed by atoms with Gasteiger partial charge >= 0.3 is 0 Å². The average Bonchev–Trinajstić information content (AvgIpc) is 3.31. The molecule has 0 radical (unpaired) electrons. The number of carbonyl (C=O) groups excluding carboxylic acids is 1. The minimum absolute atomic E-state index is 0.0108. The Morgan fingerprint density at radius 2 is 2.38 bits per heavy atom. The second kappa shape index (κ2) is 6.29. The summed E-state index contributed by atoms with van der Waals surface area (Å²) in [6.45, 7) is 2.37. The highest BCUT2D eigenvalue weighted by atomic mass is 32.1. The predicted molar refractivity (Wildman–Crippen MR) is 88.9 cm³/mol. The second-order valence-electron chi connectivity index (χ2n) is 6.52. The van der Waals surface area contributed by atoms with E-state index in [4.69, 9.17) is 9.26 Å². The van der Waals surface area contributed by atoms with Gasteiger partial charge in [0.15, 0.2) is 5.82 Å². The van der Waals surface area contributed by atoms with Crippen LogP contribution in [-0.2, 0) is 16.0 Å². The van der Waals surface area contributed by atoms with Crippen molar-refractivity contribution >= 4 is 17.2 Å². The third-order valence-corrected chi connectivity index (χ3v) is 6.05. The predicted octanol–water partition coefficient (Wildman–Crippen LogP) is 2.85. The van der Waals surface area contributed by atoms with Crippen LogP contribution in [-0.4, -0.2) is 40.7 Å². The highest BCUT2D eigenvalue weighted by Gasteiger charge is 2.42. The van der Waals surface area contributed by atoms with Crippen LogP contribution in [0, 0.1) is 6.92 Å². The number of likely N-dealkylation sites (tertiary alicyclic amines) is 1. The van der Waals surface area contributed by atoms with E-state index in [1.165, 1.54) is 10.4 Å². The minimum Gasteiger partial charge on any atom is -0.380 e. The lowest BCUT2D eigenvalue weighted by Gasteiger charge is -2.29. The first-order chi connectivity index (χ1) is 11.7. The van der Waals surface area contributed by atoms with E-state index in [1.54, 1.807) is 25.4 Å². The number of hydrogen-bond acceptors (Lipinski definition) is 6. The van der Waals surface area contributed by atoms with Gasteiger partial charge in [-0.05, 0) is 43.2 Å². The molecule has 4 rings (SSSR count). The first-order valence-electron chi connectivity index (χ1n) is 8.37. The Morgan fingerprint density at radius 1 is 1.50 bits per heavy atom.